The van der Waals surface area contributed by atoms with Gasteiger partial charge in [-0.05, 0) is 12.5 Å². The lowest BCUT2D eigenvalue weighted by molar-refractivity contribution is 0.809. The minimum Gasteiger partial charge on any atom is -0.198 e. The average molecular weight is 174 g/mol. The molecule has 0 unspecified atom stereocenters. The molecule has 0 saturated heterocycles. The van der Waals surface area contributed by atoms with E-state index in [0.29, 0.717) is 0 Å². The summed E-state index contributed by atoms with van der Waals surface area (Å²) in [6.07, 6.45) is 3.25. The molecule has 62 valence electrons. The van der Waals surface area contributed by atoms with Crippen molar-refractivity contribution in [1.82, 2.24) is 0 Å². The quantitative estimate of drug-likeness (QED) is 0.658. The molecule has 11 heavy (non-hydrogen) atoms. The Bertz CT molecular complexity index is 180. The highest BCUT2D eigenvalue weighted by Gasteiger charge is 2.23. The SMILES string of the molecule is CS(C)(F)C(CC#N)CC#N. The molecule has 0 aliphatic heterocycles. The van der Waals surface area contributed by atoms with Crippen LogP contribution in [0.15, 0.2) is 0 Å². The van der Waals surface area contributed by atoms with Crippen LogP contribution in [-0.2, 0) is 0 Å². The molecule has 2 nitrogen and oxygen atoms in total. The van der Waals surface area contributed by atoms with Crippen molar-refractivity contribution in [3.05, 3.63) is 0 Å². The van der Waals surface area contributed by atoms with Crippen molar-refractivity contribution >= 4 is 10.4 Å². The van der Waals surface area contributed by atoms with Crippen LogP contribution < -0.4 is 0 Å². The van der Waals surface area contributed by atoms with Gasteiger partial charge in [0, 0.05) is 18.1 Å². The van der Waals surface area contributed by atoms with E-state index in [1.54, 1.807) is 0 Å². The molecule has 0 N–H and O–H groups in total. The van der Waals surface area contributed by atoms with E-state index in [9.17, 15) is 3.89 Å². The van der Waals surface area contributed by atoms with Gasteiger partial charge in [-0.3, -0.25) is 0 Å². The molecule has 0 aliphatic carbocycles. The van der Waals surface area contributed by atoms with Crippen molar-refractivity contribution in [2.45, 2.75) is 18.1 Å². The van der Waals surface area contributed by atoms with E-state index in [0.717, 1.165) is 0 Å². The highest BCUT2D eigenvalue weighted by atomic mass is 32.3. The van der Waals surface area contributed by atoms with Crippen LogP contribution in [0.25, 0.3) is 0 Å². The fraction of sp³-hybridized carbons (Fsp3) is 0.714. The molecule has 0 spiro atoms. The Hall–Kier alpha value is -0.740. The molecule has 4 heteroatoms. The van der Waals surface area contributed by atoms with Crippen molar-refractivity contribution in [2.24, 2.45) is 0 Å². The molecule has 0 radical (unpaired) electrons. The lowest BCUT2D eigenvalue weighted by Gasteiger charge is -2.27. The summed E-state index contributed by atoms with van der Waals surface area (Å²) < 4.78 is 13.2. The van der Waals surface area contributed by atoms with Crippen LogP contribution in [0.5, 0.6) is 0 Å². The monoisotopic (exact) mass is 174 g/mol. The summed E-state index contributed by atoms with van der Waals surface area (Å²) >= 11 is 0. The normalized spacial score (nSPS) is 12.2. The molecule has 0 heterocycles. The number of halogens is 1. The van der Waals surface area contributed by atoms with Gasteiger partial charge >= 0.3 is 0 Å². The zero-order valence-corrected chi connectivity index (χ0v) is 7.49. The fourth-order valence-corrected chi connectivity index (χ4v) is 1.61. The summed E-state index contributed by atoms with van der Waals surface area (Å²) in [7, 11) is -2.23. The molecule has 0 aromatic heterocycles. The summed E-state index contributed by atoms with van der Waals surface area (Å²) in [6.45, 7) is 0. The third-order valence-corrected chi connectivity index (χ3v) is 3.35. The molecular formula is C7H11FN2S. The topological polar surface area (TPSA) is 47.6 Å². The molecule has 0 saturated carbocycles. The fourth-order valence-electron chi connectivity index (χ4n) is 0.672. The van der Waals surface area contributed by atoms with E-state index < -0.39 is 10.4 Å². The molecule has 0 atom stereocenters. The summed E-state index contributed by atoms with van der Waals surface area (Å²) in [5, 5.41) is 16.3. The number of nitriles is 2. The Morgan fingerprint density at radius 1 is 1.27 bits per heavy atom. The first-order valence-electron chi connectivity index (χ1n) is 3.18. The number of rotatable bonds is 3. The Morgan fingerprint density at radius 2 is 1.64 bits per heavy atom. The van der Waals surface area contributed by atoms with Crippen LogP contribution in [0.1, 0.15) is 12.8 Å². The first kappa shape index (κ1) is 10.3. The van der Waals surface area contributed by atoms with Crippen molar-refractivity contribution < 1.29 is 3.89 Å². The van der Waals surface area contributed by atoms with E-state index in [1.165, 1.54) is 12.5 Å². The van der Waals surface area contributed by atoms with Gasteiger partial charge in [0.15, 0.2) is 0 Å². The summed E-state index contributed by atoms with van der Waals surface area (Å²) in [5.74, 6) is 0. The van der Waals surface area contributed by atoms with E-state index in [4.69, 9.17) is 10.5 Å². The van der Waals surface area contributed by atoms with Crippen LogP contribution >= 0.6 is 10.4 Å². The minimum atomic E-state index is -2.23. The van der Waals surface area contributed by atoms with E-state index in [2.05, 4.69) is 0 Å². The molecule has 0 rings (SSSR count). The van der Waals surface area contributed by atoms with Gasteiger partial charge in [0.2, 0.25) is 0 Å². The maximum Gasteiger partial charge on any atom is 0.0634 e. The maximum atomic E-state index is 13.2. The second kappa shape index (κ2) is 4.20. The average Bonchev–Trinajstić information content (AvgIpc) is 1.85. The van der Waals surface area contributed by atoms with Gasteiger partial charge in [0.1, 0.15) is 0 Å². The van der Waals surface area contributed by atoms with Crippen LogP contribution in [0.4, 0.5) is 3.89 Å². The molecule has 0 fully saturated rings. The molecule has 0 aromatic carbocycles. The second-order valence-electron chi connectivity index (χ2n) is 2.62. The third kappa shape index (κ3) is 3.85. The Balaban J connectivity index is 4.15. The third-order valence-electron chi connectivity index (χ3n) is 1.43. The lowest BCUT2D eigenvalue weighted by atomic mass is 10.2. The maximum absolute atomic E-state index is 13.2. The minimum absolute atomic E-state index is 0.145. The van der Waals surface area contributed by atoms with Crippen LogP contribution in [0.3, 0.4) is 0 Å². The zero-order valence-electron chi connectivity index (χ0n) is 6.67. The van der Waals surface area contributed by atoms with Gasteiger partial charge in [0.25, 0.3) is 0 Å². The van der Waals surface area contributed by atoms with Gasteiger partial charge in [-0.1, -0.05) is 10.4 Å². The largest absolute Gasteiger partial charge is 0.198 e. The molecule has 0 aromatic rings. The number of hydrogen-bond acceptors (Lipinski definition) is 2. The Morgan fingerprint density at radius 3 is 1.82 bits per heavy atom. The van der Waals surface area contributed by atoms with Crippen molar-refractivity contribution in [3.63, 3.8) is 0 Å². The van der Waals surface area contributed by atoms with Crippen LogP contribution in [-0.4, -0.2) is 17.8 Å². The van der Waals surface area contributed by atoms with Crippen LogP contribution in [0, 0.1) is 22.7 Å². The molecular weight excluding hydrogens is 163 g/mol. The number of nitrogens with zero attached hydrogens (tertiary/aromatic N) is 2. The second-order valence-corrected chi connectivity index (χ2v) is 5.85. The molecule has 0 aliphatic rings. The van der Waals surface area contributed by atoms with Crippen molar-refractivity contribution in [2.75, 3.05) is 12.5 Å². The highest BCUT2D eigenvalue weighted by Crippen LogP contribution is 2.49. The predicted octanol–water partition coefficient (Wildman–Crippen LogP) is 2.13. The first-order valence-corrected chi connectivity index (χ1v) is 5.59. The molecule has 0 bridgehead atoms. The van der Waals surface area contributed by atoms with Crippen molar-refractivity contribution in [3.8, 4) is 12.1 Å². The zero-order chi connectivity index (χ0) is 8.91. The van der Waals surface area contributed by atoms with Gasteiger partial charge in [-0.2, -0.15) is 14.4 Å². The Kier molecular flexibility index (Phi) is 3.92. The van der Waals surface area contributed by atoms with Gasteiger partial charge in [-0.25, -0.2) is 0 Å². The summed E-state index contributed by atoms with van der Waals surface area (Å²) in [5.41, 5.74) is 0. The van der Waals surface area contributed by atoms with Crippen LogP contribution in [0.2, 0.25) is 0 Å². The van der Waals surface area contributed by atoms with E-state index >= 15 is 0 Å². The number of hydrogen-bond donors (Lipinski definition) is 0. The summed E-state index contributed by atoms with van der Waals surface area (Å²) in [4.78, 5) is 0. The Labute approximate surface area is 68.2 Å². The molecule has 0 amide bonds. The van der Waals surface area contributed by atoms with E-state index in [-0.39, 0.29) is 18.1 Å². The highest BCUT2D eigenvalue weighted by molar-refractivity contribution is 8.29. The van der Waals surface area contributed by atoms with E-state index in [1.807, 2.05) is 12.1 Å². The predicted molar refractivity (Wildman–Crippen MR) is 44.8 cm³/mol. The van der Waals surface area contributed by atoms with Crippen molar-refractivity contribution in [1.29, 1.82) is 10.5 Å². The summed E-state index contributed by atoms with van der Waals surface area (Å²) in [6, 6.07) is 3.78. The smallest absolute Gasteiger partial charge is 0.0634 e. The standard InChI is InChI=1S/C7H11FN2S/c1-11(2,8)7(3-5-9)4-6-10/h7H,3-4H2,1-2H3. The van der Waals surface area contributed by atoms with Gasteiger partial charge < -0.3 is 0 Å². The lowest BCUT2D eigenvalue weighted by Crippen LogP contribution is -2.11. The van der Waals surface area contributed by atoms with Gasteiger partial charge in [0.05, 0.1) is 12.1 Å². The first-order chi connectivity index (χ1) is 5.02. The van der Waals surface area contributed by atoms with Gasteiger partial charge in [-0.15, -0.1) is 0 Å².